The van der Waals surface area contributed by atoms with E-state index >= 15 is 0 Å². The Hall–Kier alpha value is -4.06. The summed E-state index contributed by atoms with van der Waals surface area (Å²) in [6, 6.07) is 21.9. The number of aliphatic imine (C=N–C) groups is 1. The molecule has 0 aliphatic carbocycles. The van der Waals surface area contributed by atoms with Crippen LogP contribution in [-0.4, -0.2) is 27.8 Å². The van der Waals surface area contributed by atoms with E-state index in [2.05, 4.69) is 16.2 Å². The van der Waals surface area contributed by atoms with Gasteiger partial charge in [-0.3, -0.25) is 9.79 Å². The molecule has 2 heterocycles. The molecule has 0 bridgehead atoms. The second-order valence-corrected chi connectivity index (χ2v) is 8.14. The highest BCUT2D eigenvalue weighted by Gasteiger charge is 2.33. The Morgan fingerprint density at radius 3 is 2.64 bits per heavy atom. The summed E-state index contributed by atoms with van der Waals surface area (Å²) in [5, 5.41) is 7.06. The smallest absolute Gasteiger partial charge is 0.240 e. The molecule has 1 aliphatic heterocycles. The molecular formula is C27H23FN4O. The van der Waals surface area contributed by atoms with Gasteiger partial charge in [0.1, 0.15) is 5.82 Å². The van der Waals surface area contributed by atoms with Crippen molar-refractivity contribution in [1.82, 2.24) is 9.99 Å². The predicted molar refractivity (Wildman–Crippen MR) is 130 cm³/mol. The lowest BCUT2D eigenvalue weighted by Gasteiger charge is -2.20. The molecule has 6 heteroatoms. The summed E-state index contributed by atoms with van der Waals surface area (Å²) in [6.45, 7) is 3.47. The van der Waals surface area contributed by atoms with Crippen LogP contribution < -0.4 is 0 Å². The van der Waals surface area contributed by atoms with Crippen LogP contribution in [-0.2, 0) is 4.79 Å². The van der Waals surface area contributed by atoms with Crippen molar-refractivity contribution in [1.29, 1.82) is 0 Å². The number of amides is 1. The number of H-pyrrole nitrogens is 1. The van der Waals surface area contributed by atoms with E-state index in [-0.39, 0.29) is 11.7 Å². The third-order valence-corrected chi connectivity index (χ3v) is 5.99. The van der Waals surface area contributed by atoms with Crippen molar-refractivity contribution in [3.63, 3.8) is 0 Å². The van der Waals surface area contributed by atoms with Crippen molar-refractivity contribution >= 4 is 34.4 Å². The van der Waals surface area contributed by atoms with E-state index in [1.807, 2.05) is 55.6 Å². The van der Waals surface area contributed by atoms with Crippen LogP contribution in [0.5, 0.6) is 0 Å². The number of aromatic amines is 1. The Bertz CT molecular complexity index is 1420. The monoisotopic (exact) mass is 438 g/mol. The lowest BCUT2D eigenvalue weighted by molar-refractivity contribution is -0.130. The maximum Gasteiger partial charge on any atom is 0.240 e. The van der Waals surface area contributed by atoms with Gasteiger partial charge in [0, 0.05) is 52.8 Å². The van der Waals surface area contributed by atoms with Gasteiger partial charge in [-0.15, -0.1) is 0 Å². The molecule has 1 unspecified atom stereocenters. The average Bonchev–Trinajstić information content (AvgIpc) is 3.39. The van der Waals surface area contributed by atoms with E-state index in [1.165, 1.54) is 18.0 Å². The normalized spacial score (nSPS) is 16.0. The van der Waals surface area contributed by atoms with Crippen LogP contribution in [0.15, 0.2) is 82.9 Å². The number of benzene rings is 3. The summed E-state index contributed by atoms with van der Waals surface area (Å²) in [5.41, 5.74) is 5.88. The number of nitrogens with zero attached hydrogens (tertiary/aromatic N) is 3. The summed E-state index contributed by atoms with van der Waals surface area (Å²) in [7, 11) is 0. The Morgan fingerprint density at radius 1 is 1.09 bits per heavy atom. The molecule has 33 heavy (non-hydrogen) atoms. The minimum Gasteiger partial charge on any atom is -0.358 e. The molecule has 5 rings (SSSR count). The van der Waals surface area contributed by atoms with Gasteiger partial charge < -0.3 is 4.98 Å². The van der Waals surface area contributed by atoms with Crippen molar-refractivity contribution in [3.8, 4) is 0 Å². The molecule has 1 N–H and O–H groups in total. The van der Waals surface area contributed by atoms with Gasteiger partial charge in [-0.05, 0) is 25.1 Å². The lowest BCUT2D eigenvalue weighted by atomic mass is 9.97. The molecule has 4 aromatic rings. The standard InChI is InChI=1S/C27H23FN4O/c1-17-22(19-9-4-8-14-25(19)30-17)16-29-24-13-7-5-11-21(24)26-15-27(32(31-26)18(2)33)20-10-3-6-12-23(20)28/h3-14,16,27,30H,15H2,1-2H3. The van der Waals surface area contributed by atoms with Crippen molar-refractivity contribution in [2.75, 3.05) is 0 Å². The average molecular weight is 439 g/mol. The van der Waals surface area contributed by atoms with Crippen molar-refractivity contribution in [3.05, 3.63) is 101 Å². The van der Waals surface area contributed by atoms with Crippen LogP contribution in [0.2, 0.25) is 0 Å². The van der Waals surface area contributed by atoms with E-state index in [0.29, 0.717) is 17.7 Å². The molecule has 0 saturated carbocycles. The van der Waals surface area contributed by atoms with Gasteiger partial charge in [0.2, 0.25) is 5.91 Å². The SMILES string of the molecule is CC(=O)N1N=C(c2ccccc2N=Cc2c(C)[nH]c3ccccc23)CC1c1ccccc1F. The zero-order valence-corrected chi connectivity index (χ0v) is 18.4. The highest BCUT2D eigenvalue weighted by molar-refractivity contribution is 6.08. The maximum atomic E-state index is 14.5. The van der Waals surface area contributed by atoms with Gasteiger partial charge >= 0.3 is 0 Å². The summed E-state index contributed by atoms with van der Waals surface area (Å²) < 4.78 is 14.5. The number of para-hydroxylation sites is 2. The molecule has 1 aromatic heterocycles. The molecule has 0 spiro atoms. The molecular weight excluding hydrogens is 415 g/mol. The molecule has 1 amide bonds. The first-order valence-electron chi connectivity index (χ1n) is 10.9. The van der Waals surface area contributed by atoms with Crippen molar-refractivity contribution in [2.45, 2.75) is 26.3 Å². The second kappa shape index (κ2) is 8.47. The topological polar surface area (TPSA) is 60.8 Å². The largest absolute Gasteiger partial charge is 0.358 e. The molecule has 3 aromatic carbocycles. The Morgan fingerprint density at radius 2 is 1.82 bits per heavy atom. The number of hydrazone groups is 1. The lowest BCUT2D eigenvalue weighted by Crippen LogP contribution is -2.25. The van der Waals surface area contributed by atoms with Gasteiger partial charge in [0.15, 0.2) is 0 Å². The van der Waals surface area contributed by atoms with Gasteiger partial charge in [-0.2, -0.15) is 5.10 Å². The number of nitrogens with one attached hydrogen (secondary N) is 1. The van der Waals surface area contributed by atoms with Crippen LogP contribution in [0, 0.1) is 12.7 Å². The maximum absolute atomic E-state index is 14.5. The van der Waals surface area contributed by atoms with Crippen LogP contribution in [0.25, 0.3) is 10.9 Å². The fourth-order valence-electron chi connectivity index (χ4n) is 4.38. The molecule has 0 radical (unpaired) electrons. The van der Waals surface area contributed by atoms with Crippen LogP contribution in [0.1, 0.15) is 41.8 Å². The van der Waals surface area contributed by atoms with Crippen molar-refractivity contribution in [2.24, 2.45) is 10.1 Å². The van der Waals surface area contributed by atoms with E-state index < -0.39 is 6.04 Å². The Kier molecular flexibility index (Phi) is 5.34. The summed E-state index contributed by atoms with van der Waals surface area (Å²) in [6.07, 6.45) is 2.28. The second-order valence-electron chi connectivity index (χ2n) is 8.14. The number of aryl methyl sites for hydroxylation is 1. The van der Waals surface area contributed by atoms with E-state index in [0.717, 1.165) is 33.4 Å². The molecule has 0 fully saturated rings. The van der Waals surface area contributed by atoms with Gasteiger partial charge in [0.25, 0.3) is 0 Å². The molecule has 164 valence electrons. The summed E-state index contributed by atoms with van der Waals surface area (Å²) >= 11 is 0. The highest BCUT2D eigenvalue weighted by Crippen LogP contribution is 2.36. The highest BCUT2D eigenvalue weighted by atomic mass is 19.1. The minimum absolute atomic E-state index is 0.228. The first kappa shape index (κ1) is 20.8. The van der Waals surface area contributed by atoms with Gasteiger partial charge in [0.05, 0.1) is 17.4 Å². The predicted octanol–water partition coefficient (Wildman–Crippen LogP) is 6.06. The van der Waals surface area contributed by atoms with Crippen LogP contribution >= 0.6 is 0 Å². The summed E-state index contributed by atoms with van der Waals surface area (Å²) in [4.78, 5) is 20.5. The first-order chi connectivity index (χ1) is 16.0. The van der Waals surface area contributed by atoms with E-state index in [1.54, 1.807) is 18.2 Å². The third kappa shape index (κ3) is 3.84. The van der Waals surface area contributed by atoms with Crippen molar-refractivity contribution < 1.29 is 9.18 Å². The Labute approximate surface area is 191 Å². The molecule has 1 atom stereocenters. The van der Waals surface area contributed by atoms with Crippen LogP contribution in [0.3, 0.4) is 0 Å². The Balaban J connectivity index is 1.52. The fraction of sp³-hybridized carbons (Fsp3) is 0.148. The number of rotatable bonds is 4. The number of hydrogen-bond donors (Lipinski definition) is 1. The zero-order valence-electron chi connectivity index (χ0n) is 18.4. The van der Waals surface area contributed by atoms with E-state index in [4.69, 9.17) is 4.99 Å². The minimum atomic E-state index is -0.480. The molecule has 0 saturated heterocycles. The third-order valence-electron chi connectivity index (χ3n) is 5.99. The van der Waals surface area contributed by atoms with Gasteiger partial charge in [-0.1, -0.05) is 54.6 Å². The molecule has 1 aliphatic rings. The van der Waals surface area contributed by atoms with Crippen LogP contribution in [0.4, 0.5) is 10.1 Å². The number of carbonyl (C=O) groups is 1. The number of fused-ring (bicyclic) bond motifs is 1. The zero-order chi connectivity index (χ0) is 22.9. The number of carbonyl (C=O) groups excluding carboxylic acids is 1. The number of halogens is 1. The number of hydrogen-bond acceptors (Lipinski definition) is 3. The fourth-order valence-corrected chi connectivity index (χ4v) is 4.38. The molecule has 5 nitrogen and oxygen atoms in total. The van der Waals surface area contributed by atoms with Gasteiger partial charge in [-0.25, -0.2) is 9.40 Å². The van der Waals surface area contributed by atoms with E-state index in [9.17, 15) is 9.18 Å². The number of aromatic nitrogens is 1. The summed E-state index contributed by atoms with van der Waals surface area (Å²) in [5.74, 6) is -0.569. The first-order valence-corrected chi connectivity index (χ1v) is 10.9. The quantitative estimate of drug-likeness (QED) is 0.387.